The van der Waals surface area contributed by atoms with Gasteiger partial charge in [-0.05, 0) is 23.8 Å². The smallest absolute Gasteiger partial charge is 0.251 e. The third-order valence-electron chi connectivity index (χ3n) is 4.42. The topological polar surface area (TPSA) is 82.1 Å². The molecule has 0 aliphatic carbocycles. The molecule has 30 heavy (non-hydrogen) atoms. The van der Waals surface area contributed by atoms with Gasteiger partial charge in [0.1, 0.15) is 5.84 Å². The molecule has 0 bridgehead atoms. The summed E-state index contributed by atoms with van der Waals surface area (Å²) in [6.07, 6.45) is 0. The summed E-state index contributed by atoms with van der Waals surface area (Å²) in [4.78, 5) is 25.5. The average molecular weight is 440 g/mol. The molecule has 3 rings (SSSR count). The van der Waals surface area contributed by atoms with Gasteiger partial charge in [0.2, 0.25) is 5.91 Å². The van der Waals surface area contributed by atoms with E-state index in [1.54, 1.807) is 36.4 Å². The van der Waals surface area contributed by atoms with Crippen LogP contribution >= 0.6 is 23.2 Å². The molecule has 1 atom stereocenters. The van der Waals surface area contributed by atoms with Gasteiger partial charge >= 0.3 is 0 Å². The average Bonchev–Trinajstić information content (AvgIpc) is 2.74. The minimum absolute atomic E-state index is 0.00511. The van der Waals surface area contributed by atoms with Gasteiger partial charge in [0.25, 0.3) is 5.91 Å². The third-order valence-corrected chi connectivity index (χ3v) is 4.86. The predicted molar refractivity (Wildman–Crippen MR) is 119 cm³/mol. The van der Waals surface area contributed by atoms with Crippen LogP contribution in [0.3, 0.4) is 0 Å². The van der Waals surface area contributed by atoms with Gasteiger partial charge in [-0.3, -0.25) is 15.0 Å². The molecule has 0 heterocycles. The molecule has 0 fully saturated rings. The van der Waals surface area contributed by atoms with Crippen molar-refractivity contribution in [1.29, 1.82) is 5.41 Å². The van der Waals surface area contributed by atoms with E-state index in [4.69, 9.17) is 28.6 Å². The molecule has 3 aromatic rings. The summed E-state index contributed by atoms with van der Waals surface area (Å²) in [7, 11) is 0. The largest absolute Gasteiger partial charge is 0.351 e. The van der Waals surface area contributed by atoms with Gasteiger partial charge < -0.3 is 10.6 Å². The first kappa shape index (κ1) is 21.6. The number of nitrogens with one attached hydrogen (secondary N) is 3. The Morgan fingerprint density at radius 2 is 1.40 bits per heavy atom. The second-order valence-corrected chi connectivity index (χ2v) is 7.43. The van der Waals surface area contributed by atoms with Crippen molar-refractivity contribution in [2.75, 3.05) is 6.54 Å². The van der Waals surface area contributed by atoms with Gasteiger partial charge in [-0.2, -0.15) is 0 Å². The number of amides is 2. The van der Waals surface area contributed by atoms with Crippen LogP contribution in [-0.4, -0.2) is 24.2 Å². The van der Waals surface area contributed by atoms with E-state index in [0.29, 0.717) is 21.2 Å². The van der Waals surface area contributed by atoms with Crippen molar-refractivity contribution in [3.63, 3.8) is 0 Å². The summed E-state index contributed by atoms with van der Waals surface area (Å²) in [6.45, 7) is 0.0425. The number of halogens is 2. The highest BCUT2D eigenvalue weighted by Gasteiger charge is 2.23. The third kappa shape index (κ3) is 5.69. The van der Waals surface area contributed by atoms with E-state index in [2.05, 4.69) is 10.6 Å². The summed E-state index contributed by atoms with van der Waals surface area (Å²) >= 11 is 11.9. The first-order valence-corrected chi connectivity index (χ1v) is 9.93. The summed E-state index contributed by atoms with van der Waals surface area (Å²) < 4.78 is 0. The first-order chi connectivity index (χ1) is 14.4. The SMILES string of the molecule is N=C(NC(=O)C(CNC(=O)c1cc(Cl)cc(Cl)c1)c1ccccc1)c1ccccc1. The summed E-state index contributed by atoms with van der Waals surface area (Å²) in [6, 6.07) is 22.5. The number of amidine groups is 1. The van der Waals surface area contributed by atoms with Crippen molar-refractivity contribution < 1.29 is 9.59 Å². The molecule has 0 aromatic heterocycles. The van der Waals surface area contributed by atoms with Crippen molar-refractivity contribution in [2.24, 2.45) is 0 Å². The number of carbonyl (C=O) groups excluding carboxylic acids is 2. The number of hydrogen-bond donors (Lipinski definition) is 3. The standard InChI is InChI=1S/C23H19Cl2N3O2/c24-18-11-17(12-19(25)13-18)22(29)27-14-20(15-7-3-1-4-8-15)23(30)28-21(26)16-9-5-2-6-10-16/h1-13,20H,14H2,(H,27,29)(H2,26,28,30). The highest BCUT2D eigenvalue weighted by molar-refractivity contribution is 6.35. The summed E-state index contributed by atoms with van der Waals surface area (Å²) in [5.41, 5.74) is 1.62. The van der Waals surface area contributed by atoms with Crippen molar-refractivity contribution in [3.8, 4) is 0 Å². The molecule has 5 nitrogen and oxygen atoms in total. The van der Waals surface area contributed by atoms with Crippen LogP contribution < -0.4 is 10.6 Å². The van der Waals surface area contributed by atoms with E-state index in [1.165, 1.54) is 18.2 Å². The molecular weight excluding hydrogens is 421 g/mol. The first-order valence-electron chi connectivity index (χ1n) is 9.18. The Labute approximate surface area is 184 Å². The quantitative estimate of drug-likeness (QED) is 0.385. The summed E-state index contributed by atoms with van der Waals surface area (Å²) in [5.74, 6) is -1.48. The highest BCUT2D eigenvalue weighted by Crippen LogP contribution is 2.20. The van der Waals surface area contributed by atoms with Crippen LogP contribution in [0.2, 0.25) is 10.0 Å². The Hall–Kier alpha value is -3.15. The second kappa shape index (κ2) is 10.1. The molecule has 0 aliphatic heterocycles. The van der Waals surface area contributed by atoms with Crippen LogP contribution in [0, 0.1) is 5.41 Å². The molecule has 0 aliphatic rings. The Morgan fingerprint density at radius 3 is 2.00 bits per heavy atom. The molecule has 2 amide bonds. The number of rotatable bonds is 6. The van der Waals surface area contributed by atoms with Crippen LogP contribution in [0.1, 0.15) is 27.4 Å². The molecule has 0 saturated carbocycles. The zero-order valence-electron chi connectivity index (χ0n) is 15.9. The van der Waals surface area contributed by atoms with E-state index in [-0.39, 0.29) is 18.3 Å². The number of hydrogen-bond acceptors (Lipinski definition) is 3. The molecule has 7 heteroatoms. The minimum atomic E-state index is -0.686. The number of carbonyl (C=O) groups is 2. The lowest BCUT2D eigenvalue weighted by Crippen LogP contribution is -2.40. The molecule has 0 radical (unpaired) electrons. The Balaban J connectivity index is 1.75. The lowest BCUT2D eigenvalue weighted by molar-refractivity contribution is -0.121. The molecular formula is C23H19Cl2N3O2. The van der Waals surface area contributed by atoms with E-state index < -0.39 is 11.8 Å². The maximum atomic E-state index is 12.9. The zero-order chi connectivity index (χ0) is 21.5. The van der Waals surface area contributed by atoms with Gasteiger partial charge in [0, 0.05) is 27.7 Å². The van der Waals surface area contributed by atoms with Crippen molar-refractivity contribution in [2.45, 2.75) is 5.92 Å². The van der Waals surface area contributed by atoms with Crippen molar-refractivity contribution in [3.05, 3.63) is 106 Å². The van der Waals surface area contributed by atoms with E-state index in [9.17, 15) is 9.59 Å². The fourth-order valence-electron chi connectivity index (χ4n) is 2.92. The molecule has 0 spiro atoms. The van der Waals surface area contributed by atoms with Gasteiger partial charge in [0.15, 0.2) is 0 Å². The summed E-state index contributed by atoms with van der Waals surface area (Å²) in [5, 5.41) is 14.2. The Kier molecular flexibility index (Phi) is 7.22. The van der Waals surface area contributed by atoms with Crippen LogP contribution in [0.4, 0.5) is 0 Å². The monoisotopic (exact) mass is 439 g/mol. The van der Waals surface area contributed by atoms with Gasteiger partial charge in [-0.15, -0.1) is 0 Å². The van der Waals surface area contributed by atoms with E-state index in [0.717, 1.165) is 5.56 Å². The second-order valence-electron chi connectivity index (χ2n) is 6.56. The maximum absolute atomic E-state index is 12.9. The predicted octanol–water partition coefficient (Wildman–Crippen LogP) is 4.65. The Morgan fingerprint density at radius 1 is 0.833 bits per heavy atom. The molecule has 3 N–H and O–H groups in total. The zero-order valence-corrected chi connectivity index (χ0v) is 17.4. The highest BCUT2D eigenvalue weighted by atomic mass is 35.5. The molecule has 3 aromatic carbocycles. The number of benzene rings is 3. The van der Waals surface area contributed by atoms with Gasteiger partial charge in [-0.1, -0.05) is 83.9 Å². The Bertz CT molecular complexity index is 1040. The normalized spacial score (nSPS) is 11.4. The fourth-order valence-corrected chi connectivity index (χ4v) is 3.44. The van der Waals surface area contributed by atoms with E-state index >= 15 is 0 Å². The lowest BCUT2D eigenvalue weighted by atomic mass is 9.97. The van der Waals surface area contributed by atoms with Crippen molar-refractivity contribution in [1.82, 2.24) is 10.6 Å². The van der Waals surface area contributed by atoms with Crippen LogP contribution in [0.25, 0.3) is 0 Å². The van der Waals surface area contributed by atoms with Crippen LogP contribution in [0.15, 0.2) is 78.9 Å². The van der Waals surface area contributed by atoms with E-state index in [1.807, 2.05) is 24.3 Å². The molecule has 1 unspecified atom stereocenters. The van der Waals surface area contributed by atoms with Gasteiger partial charge in [0.05, 0.1) is 5.92 Å². The molecule has 152 valence electrons. The van der Waals surface area contributed by atoms with Gasteiger partial charge in [-0.25, -0.2) is 0 Å². The van der Waals surface area contributed by atoms with Crippen molar-refractivity contribution >= 4 is 40.9 Å². The van der Waals surface area contributed by atoms with Crippen LogP contribution in [-0.2, 0) is 4.79 Å². The fraction of sp³-hybridized carbons (Fsp3) is 0.0870. The van der Waals surface area contributed by atoms with Crippen LogP contribution in [0.5, 0.6) is 0 Å². The molecule has 0 saturated heterocycles. The lowest BCUT2D eigenvalue weighted by Gasteiger charge is -2.18. The minimum Gasteiger partial charge on any atom is -0.351 e. The maximum Gasteiger partial charge on any atom is 0.251 e.